The van der Waals surface area contributed by atoms with Crippen LogP contribution in [0.2, 0.25) is 0 Å². The Balaban J connectivity index is 1.23. The quantitative estimate of drug-likeness (QED) is 0.0655. The van der Waals surface area contributed by atoms with Crippen molar-refractivity contribution in [1.29, 1.82) is 5.26 Å². The number of aromatic amines is 2. The summed E-state index contributed by atoms with van der Waals surface area (Å²) in [5.74, 6) is 0.553. The van der Waals surface area contributed by atoms with Gasteiger partial charge in [-0.25, -0.2) is 34.7 Å². The lowest BCUT2D eigenvalue weighted by Gasteiger charge is -2.04. The van der Waals surface area contributed by atoms with E-state index in [-0.39, 0.29) is 5.57 Å². The number of aromatic nitrogens is 8. The normalized spacial score (nSPS) is 12.2. The summed E-state index contributed by atoms with van der Waals surface area (Å²) in [6, 6.07) is 30.6. The number of nitrogens with one attached hydrogen (secondary N) is 2. The van der Waals surface area contributed by atoms with Crippen molar-refractivity contribution in [3.05, 3.63) is 112 Å². The summed E-state index contributed by atoms with van der Waals surface area (Å²) in [5, 5.41) is 21.7. The number of aliphatic carboxylic acids is 1. The van der Waals surface area contributed by atoms with E-state index < -0.39 is 5.97 Å². The maximum absolute atomic E-state index is 11.3. The summed E-state index contributed by atoms with van der Waals surface area (Å²) >= 11 is 1.37. The van der Waals surface area contributed by atoms with Gasteiger partial charge in [-0.1, -0.05) is 60.7 Å². The molecule has 14 heteroatoms. The van der Waals surface area contributed by atoms with Crippen LogP contribution in [-0.2, 0) is 4.79 Å². The predicted molar refractivity (Wildman–Crippen MR) is 219 cm³/mol. The number of H-pyrrole nitrogens is 2. The number of nitrogens with zero attached hydrogens (tertiary/aromatic N) is 7. The molecule has 7 N–H and O–H groups in total. The molecule has 0 radical (unpaired) electrons. The molecular formula is C42H25N11O2S. The van der Waals surface area contributed by atoms with E-state index in [9.17, 15) is 9.90 Å². The van der Waals surface area contributed by atoms with Crippen LogP contribution in [0, 0.1) is 11.3 Å². The highest BCUT2D eigenvalue weighted by atomic mass is 32.1. The molecule has 0 aliphatic carbocycles. The molecule has 0 saturated carbocycles. The van der Waals surface area contributed by atoms with Crippen molar-refractivity contribution in [3.8, 4) is 51.6 Å². The zero-order chi connectivity index (χ0) is 38.1. The van der Waals surface area contributed by atoms with Gasteiger partial charge in [-0.2, -0.15) is 5.26 Å². The van der Waals surface area contributed by atoms with Crippen molar-refractivity contribution >= 4 is 91.0 Å². The number of thiophene rings is 1. The first kappa shape index (κ1) is 32.6. The van der Waals surface area contributed by atoms with Gasteiger partial charge in [0.15, 0.2) is 23.3 Å². The average molecular weight is 748 g/mol. The summed E-state index contributed by atoms with van der Waals surface area (Å²) in [6.45, 7) is 0. The van der Waals surface area contributed by atoms with Crippen molar-refractivity contribution in [2.75, 3.05) is 11.5 Å². The second kappa shape index (κ2) is 12.5. The summed E-state index contributed by atoms with van der Waals surface area (Å²) < 4.78 is 0. The Morgan fingerprint density at radius 2 is 1.11 bits per heavy atom. The van der Waals surface area contributed by atoms with Crippen molar-refractivity contribution in [2.24, 2.45) is 0 Å². The largest absolute Gasteiger partial charge is 0.477 e. The second-order valence-electron chi connectivity index (χ2n) is 13.1. The minimum absolute atomic E-state index is 0.326. The number of anilines is 2. The monoisotopic (exact) mass is 747 g/mol. The molecule has 8 aromatic rings. The predicted octanol–water partition coefficient (Wildman–Crippen LogP) is 8.26. The van der Waals surface area contributed by atoms with Gasteiger partial charge in [0.1, 0.15) is 34.2 Å². The highest BCUT2D eigenvalue weighted by Gasteiger charge is 2.23. The highest BCUT2D eigenvalue weighted by molar-refractivity contribution is 7.13. The van der Waals surface area contributed by atoms with E-state index in [0.29, 0.717) is 73.3 Å². The third-order valence-corrected chi connectivity index (χ3v) is 10.6. The van der Waals surface area contributed by atoms with Gasteiger partial charge in [0.2, 0.25) is 0 Å². The molecule has 56 heavy (non-hydrogen) atoms. The van der Waals surface area contributed by atoms with Crippen LogP contribution >= 0.6 is 11.3 Å². The fourth-order valence-corrected chi connectivity index (χ4v) is 7.75. The summed E-state index contributed by atoms with van der Waals surface area (Å²) in [4.78, 5) is 49.9. The molecule has 2 aliphatic heterocycles. The maximum Gasteiger partial charge on any atom is 0.346 e. The average Bonchev–Trinajstić information content (AvgIpc) is 4.02. The van der Waals surface area contributed by atoms with Crippen molar-refractivity contribution in [3.63, 3.8) is 0 Å². The topological polar surface area (TPSA) is 222 Å². The molecule has 0 fully saturated rings. The van der Waals surface area contributed by atoms with Crippen LogP contribution in [0.1, 0.15) is 15.3 Å². The third kappa shape index (κ3) is 5.42. The Morgan fingerprint density at radius 1 is 0.607 bits per heavy atom. The van der Waals surface area contributed by atoms with Crippen molar-refractivity contribution in [2.45, 2.75) is 0 Å². The Hall–Kier alpha value is -8.02. The number of fused-ring (bicyclic) bond motifs is 20. The number of carboxylic acids is 1. The zero-order valence-electron chi connectivity index (χ0n) is 28.9. The first-order valence-corrected chi connectivity index (χ1v) is 18.1. The van der Waals surface area contributed by atoms with Gasteiger partial charge in [0.05, 0.1) is 11.4 Å². The molecule has 4 aromatic heterocycles. The number of nitrogens with two attached hydrogens (primary N) is 2. The zero-order valence-corrected chi connectivity index (χ0v) is 29.8. The van der Waals surface area contributed by atoms with Gasteiger partial charge in [0, 0.05) is 53.6 Å². The summed E-state index contributed by atoms with van der Waals surface area (Å²) in [7, 11) is 0. The maximum atomic E-state index is 11.3. The van der Waals surface area contributed by atoms with Crippen LogP contribution in [0.25, 0.3) is 108 Å². The second-order valence-corrected chi connectivity index (χ2v) is 14.2. The number of rotatable bonds is 4. The number of hydrogen-bond acceptors (Lipinski definition) is 11. The lowest BCUT2D eigenvalue weighted by atomic mass is 10.1. The SMILES string of the molecule is N#C/C(=C\c1ccc(/C=C/c2ccc3c4nc5nc(nc6[nH]c(nc7nc(nc([nH]4)c3c2)-c2ccccc2-7)c2ccccc62)-c2cc(N)c(N)cc2-5)s1)C(=O)O. The van der Waals surface area contributed by atoms with Gasteiger partial charge in [0.25, 0.3) is 0 Å². The van der Waals surface area contributed by atoms with E-state index in [2.05, 4.69) is 9.97 Å². The molecule has 0 spiro atoms. The van der Waals surface area contributed by atoms with Gasteiger partial charge in [-0.15, -0.1) is 11.3 Å². The van der Waals surface area contributed by atoms with E-state index in [0.717, 1.165) is 43.1 Å². The summed E-state index contributed by atoms with van der Waals surface area (Å²) in [5.41, 5.74) is 19.3. The van der Waals surface area contributed by atoms with Crippen molar-refractivity contribution in [1.82, 2.24) is 39.9 Å². The number of nitrogen functional groups attached to an aromatic ring is 2. The molecule has 8 bridgehead atoms. The number of carboxylic acid groups (broad SMARTS) is 1. The van der Waals surface area contributed by atoms with Crippen LogP contribution in [0.5, 0.6) is 0 Å². The van der Waals surface area contributed by atoms with E-state index in [1.54, 1.807) is 24.3 Å². The van der Waals surface area contributed by atoms with Crippen LogP contribution in [-0.4, -0.2) is 50.9 Å². The number of hydrogen-bond donors (Lipinski definition) is 5. The smallest absolute Gasteiger partial charge is 0.346 e. The Bertz CT molecular complexity index is 3290. The van der Waals surface area contributed by atoms with E-state index in [4.69, 9.17) is 46.6 Å². The van der Waals surface area contributed by atoms with Crippen LogP contribution < -0.4 is 11.5 Å². The molecule has 10 rings (SSSR count). The number of nitriles is 1. The molecular weight excluding hydrogens is 723 g/mol. The molecule has 0 amide bonds. The molecule has 4 aromatic carbocycles. The molecule has 0 unspecified atom stereocenters. The minimum atomic E-state index is -1.27. The van der Waals surface area contributed by atoms with Gasteiger partial charge in [-0.3, -0.25) is 0 Å². The molecule has 13 nitrogen and oxygen atoms in total. The number of benzene rings is 4. The van der Waals surface area contributed by atoms with Gasteiger partial charge >= 0.3 is 5.97 Å². The van der Waals surface area contributed by atoms with E-state index in [1.807, 2.05) is 84.9 Å². The third-order valence-electron chi connectivity index (χ3n) is 9.60. The standard InChI is InChI=1S/C42H25N11O2S/c43-19-21(42(54)55)16-23-13-12-22(56-23)11-9-20-10-14-28-29(15-20)39-49-36-26-7-3-1-5-24(26)34(47-36)46-35-25-6-2-4-8-27(25)37(48-35)50-40-30-17-32(44)33(45)18-31(30)41(53-40)52-38(28)51-39/h1-18H,44-45H2,(H,54,55)(H2,46,47,48,49,50,51,52,53)/b11-9+,21-16+. The van der Waals surface area contributed by atoms with Crippen LogP contribution in [0.15, 0.2) is 96.6 Å². The highest BCUT2D eigenvalue weighted by Crippen LogP contribution is 2.39. The fourth-order valence-electron chi connectivity index (χ4n) is 6.89. The molecule has 0 saturated heterocycles. The Labute approximate surface area is 320 Å². The lowest BCUT2D eigenvalue weighted by molar-refractivity contribution is -0.132. The van der Waals surface area contributed by atoms with Crippen molar-refractivity contribution < 1.29 is 9.90 Å². The molecule has 0 atom stereocenters. The van der Waals surface area contributed by atoms with E-state index >= 15 is 0 Å². The van der Waals surface area contributed by atoms with Crippen LogP contribution in [0.4, 0.5) is 11.4 Å². The first-order chi connectivity index (χ1) is 27.3. The Kier molecular flexibility index (Phi) is 7.31. The first-order valence-electron chi connectivity index (χ1n) is 17.3. The van der Waals surface area contributed by atoms with E-state index in [1.165, 1.54) is 17.4 Å². The fraction of sp³-hybridized carbons (Fsp3) is 0. The minimum Gasteiger partial charge on any atom is -0.477 e. The molecule has 2 aliphatic rings. The van der Waals surface area contributed by atoms with Gasteiger partial charge < -0.3 is 26.5 Å². The molecule has 6 heterocycles. The molecule has 266 valence electrons. The lowest BCUT2D eigenvalue weighted by Crippen LogP contribution is -1.96. The Morgan fingerprint density at radius 3 is 1.66 bits per heavy atom. The van der Waals surface area contributed by atoms with Gasteiger partial charge in [-0.05, 0) is 54.1 Å². The number of carbonyl (C=O) groups is 1. The summed E-state index contributed by atoms with van der Waals surface area (Å²) in [6.07, 6.45) is 5.25. The van der Waals surface area contributed by atoms with Crippen LogP contribution in [0.3, 0.4) is 0 Å².